The highest BCUT2D eigenvalue weighted by atomic mass is 35.5. The van der Waals surface area contributed by atoms with Crippen LogP contribution in [0, 0.1) is 6.92 Å². The number of hydrogen-bond donors (Lipinski definition) is 2. The highest BCUT2D eigenvalue weighted by Gasteiger charge is 2.27. The Labute approximate surface area is 193 Å². The SMILES string of the molecule is CCOc1ccc(S(=O)(=O)N[C@@H](Cc2ccccc2)C(=O)Nc2ccccc2Cl)cc1C. The molecular formula is C24H25ClN2O4S. The van der Waals surface area contributed by atoms with Crippen molar-refractivity contribution in [2.75, 3.05) is 11.9 Å². The number of carbonyl (C=O) groups excluding carboxylic acids is 1. The predicted molar refractivity (Wildman–Crippen MR) is 127 cm³/mol. The van der Waals surface area contributed by atoms with Gasteiger partial charge in [-0.3, -0.25) is 4.79 Å². The Morgan fingerprint density at radius 2 is 1.72 bits per heavy atom. The minimum atomic E-state index is -3.98. The fraction of sp³-hybridized carbons (Fsp3) is 0.208. The van der Waals surface area contributed by atoms with Gasteiger partial charge in [0.05, 0.1) is 22.2 Å². The maximum absolute atomic E-state index is 13.1. The first-order chi connectivity index (χ1) is 15.3. The molecule has 0 saturated carbocycles. The van der Waals surface area contributed by atoms with Gasteiger partial charge in [-0.1, -0.05) is 54.1 Å². The number of sulfonamides is 1. The number of para-hydroxylation sites is 1. The first kappa shape index (κ1) is 23.8. The zero-order chi connectivity index (χ0) is 23.1. The number of benzene rings is 3. The van der Waals surface area contributed by atoms with Gasteiger partial charge in [0.15, 0.2) is 0 Å². The molecule has 0 aliphatic heterocycles. The lowest BCUT2D eigenvalue weighted by Crippen LogP contribution is -2.45. The molecule has 0 aliphatic rings. The molecule has 0 radical (unpaired) electrons. The molecule has 168 valence electrons. The molecule has 2 N–H and O–H groups in total. The van der Waals surface area contributed by atoms with Crippen molar-refractivity contribution in [1.82, 2.24) is 4.72 Å². The van der Waals surface area contributed by atoms with E-state index in [9.17, 15) is 13.2 Å². The van der Waals surface area contributed by atoms with Crippen molar-refractivity contribution in [2.24, 2.45) is 0 Å². The molecule has 0 fully saturated rings. The number of ether oxygens (including phenoxy) is 1. The van der Waals surface area contributed by atoms with Gasteiger partial charge >= 0.3 is 0 Å². The van der Waals surface area contributed by atoms with E-state index in [2.05, 4.69) is 10.0 Å². The molecule has 1 amide bonds. The summed E-state index contributed by atoms with van der Waals surface area (Å²) in [5.41, 5.74) is 1.92. The van der Waals surface area contributed by atoms with E-state index in [0.717, 1.165) is 5.56 Å². The Hall–Kier alpha value is -2.87. The van der Waals surface area contributed by atoms with Crippen LogP contribution in [0.15, 0.2) is 77.7 Å². The van der Waals surface area contributed by atoms with Crippen molar-refractivity contribution in [3.05, 3.63) is 88.9 Å². The van der Waals surface area contributed by atoms with Gasteiger partial charge in [0, 0.05) is 0 Å². The number of hydrogen-bond acceptors (Lipinski definition) is 4. The van der Waals surface area contributed by atoms with Crippen molar-refractivity contribution >= 4 is 33.2 Å². The monoisotopic (exact) mass is 472 g/mol. The summed E-state index contributed by atoms with van der Waals surface area (Å²) in [5, 5.41) is 3.09. The summed E-state index contributed by atoms with van der Waals surface area (Å²) in [6.07, 6.45) is 0.173. The normalized spacial score (nSPS) is 12.2. The van der Waals surface area contributed by atoms with E-state index in [-0.39, 0.29) is 11.3 Å². The zero-order valence-electron chi connectivity index (χ0n) is 17.8. The molecule has 3 rings (SSSR count). The van der Waals surface area contributed by atoms with Crippen molar-refractivity contribution in [1.29, 1.82) is 0 Å². The minimum Gasteiger partial charge on any atom is -0.494 e. The summed E-state index contributed by atoms with van der Waals surface area (Å²) in [4.78, 5) is 13.1. The molecule has 0 heterocycles. The fourth-order valence-corrected chi connectivity index (χ4v) is 4.65. The summed E-state index contributed by atoms with van der Waals surface area (Å²) in [6.45, 7) is 4.11. The van der Waals surface area contributed by atoms with E-state index in [1.807, 2.05) is 37.3 Å². The number of anilines is 1. The van der Waals surface area contributed by atoms with Crippen molar-refractivity contribution in [3.8, 4) is 5.75 Å². The fourth-order valence-electron chi connectivity index (χ4n) is 3.18. The molecule has 32 heavy (non-hydrogen) atoms. The summed E-state index contributed by atoms with van der Waals surface area (Å²) >= 11 is 6.15. The number of aryl methyl sites for hydroxylation is 1. The van der Waals surface area contributed by atoms with Crippen molar-refractivity contribution in [2.45, 2.75) is 31.2 Å². The maximum atomic E-state index is 13.1. The smallest absolute Gasteiger partial charge is 0.242 e. The van der Waals surface area contributed by atoms with Crippen LogP contribution in [0.4, 0.5) is 5.69 Å². The quantitative estimate of drug-likeness (QED) is 0.477. The van der Waals surface area contributed by atoms with Crippen LogP contribution in [0.2, 0.25) is 5.02 Å². The standard InChI is InChI=1S/C24H25ClN2O4S/c1-3-31-23-14-13-19(15-17(23)2)32(29,30)27-22(16-18-9-5-4-6-10-18)24(28)26-21-12-8-7-11-20(21)25/h4-15,22,27H,3,16H2,1-2H3,(H,26,28)/t22-/m0/s1. The van der Waals surface area contributed by atoms with Crippen LogP contribution in [-0.2, 0) is 21.2 Å². The van der Waals surface area contributed by atoms with Crippen molar-refractivity contribution in [3.63, 3.8) is 0 Å². The van der Waals surface area contributed by atoms with Gasteiger partial charge in [0.2, 0.25) is 15.9 Å². The van der Waals surface area contributed by atoms with Crippen LogP contribution in [0.3, 0.4) is 0 Å². The molecular weight excluding hydrogens is 448 g/mol. The van der Waals surface area contributed by atoms with Gasteiger partial charge in [-0.25, -0.2) is 8.42 Å². The third kappa shape index (κ3) is 6.09. The van der Waals surface area contributed by atoms with Crippen LogP contribution >= 0.6 is 11.6 Å². The lowest BCUT2D eigenvalue weighted by atomic mass is 10.1. The van der Waals surface area contributed by atoms with Gasteiger partial charge in [-0.15, -0.1) is 0 Å². The van der Waals surface area contributed by atoms with E-state index in [4.69, 9.17) is 16.3 Å². The van der Waals surface area contributed by atoms with Crippen LogP contribution in [-0.4, -0.2) is 27.0 Å². The van der Waals surface area contributed by atoms with E-state index in [1.165, 1.54) is 12.1 Å². The summed E-state index contributed by atoms with van der Waals surface area (Å²) in [5.74, 6) is 0.108. The molecule has 1 atom stereocenters. The Kier molecular flexibility index (Phi) is 7.90. The third-order valence-electron chi connectivity index (χ3n) is 4.78. The van der Waals surface area contributed by atoms with Crippen LogP contribution < -0.4 is 14.8 Å². The second-order valence-electron chi connectivity index (χ2n) is 7.19. The second-order valence-corrected chi connectivity index (χ2v) is 9.31. The third-order valence-corrected chi connectivity index (χ3v) is 6.58. The molecule has 0 aromatic heterocycles. The Bertz CT molecular complexity index is 1180. The molecule has 3 aromatic rings. The number of halogens is 1. The lowest BCUT2D eigenvalue weighted by Gasteiger charge is -2.20. The predicted octanol–water partition coefficient (Wildman–Crippen LogP) is 4.58. The highest BCUT2D eigenvalue weighted by molar-refractivity contribution is 7.89. The summed E-state index contributed by atoms with van der Waals surface area (Å²) in [7, 11) is -3.98. The van der Waals surface area contributed by atoms with Crippen LogP contribution in [0.5, 0.6) is 5.75 Å². The number of amides is 1. The summed E-state index contributed by atoms with van der Waals surface area (Å²) < 4.78 is 34.3. The average molecular weight is 473 g/mol. The Morgan fingerprint density at radius 1 is 1.03 bits per heavy atom. The van der Waals surface area contributed by atoms with Crippen LogP contribution in [0.25, 0.3) is 0 Å². The Morgan fingerprint density at radius 3 is 2.38 bits per heavy atom. The first-order valence-electron chi connectivity index (χ1n) is 10.1. The van der Waals surface area contributed by atoms with Gasteiger partial charge < -0.3 is 10.1 Å². The van der Waals surface area contributed by atoms with E-state index < -0.39 is 22.0 Å². The lowest BCUT2D eigenvalue weighted by molar-refractivity contribution is -0.117. The topological polar surface area (TPSA) is 84.5 Å². The molecule has 0 unspecified atom stereocenters. The molecule has 0 saturated heterocycles. The first-order valence-corrected chi connectivity index (χ1v) is 12.0. The second kappa shape index (κ2) is 10.6. The molecule has 8 heteroatoms. The zero-order valence-corrected chi connectivity index (χ0v) is 19.4. The molecule has 3 aromatic carbocycles. The van der Waals surface area contributed by atoms with Gasteiger partial charge in [0.1, 0.15) is 11.8 Å². The average Bonchev–Trinajstić information content (AvgIpc) is 2.77. The van der Waals surface area contributed by atoms with Crippen LogP contribution in [0.1, 0.15) is 18.1 Å². The number of carbonyl (C=O) groups is 1. The van der Waals surface area contributed by atoms with Gasteiger partial charge in [0.25, 0.3) is 0 Å². The molecule has 0 bridgehead atoms. The molecule has 6 nitrogen and oxygen atoms in total. The number of rotatable bonds is 9. The summed E-state index contributed by atoms with van der Waals surface area (Å²) in [6, 6.07) is 19.5. The highest BCUT2D eigenvalue weighted by Crippen LogP contribution is 2.23. The van der Waals surface area contributed by atoms with Crippen molar-refractivity contribution < 1.29 is 17.9 Å². The minimum absolute atomic E-state index is 0.0575. The van der Waals surface area contributed by atoms with E-state index in [0.29, 0.717) is 28.6 Å². The van der Waals surface area contributed by atoms with Gasteiger partial charge in [-0.05, 0) is 61.7 Å². The molecule has 0 aliphatic carbocycles. The maximum Gasteiger partial charge on any atom is 0.242 e. The van der Waals surface area contributed by atoms with E-state index >= 15 is 0 Å². The number of nitrogens with one attached hydrogen (secondary N) is 2. The largest absolute Gasteiger partial charge is 0.494 e. The van der Waals surface area contributed by atoms with E-state index in [1.54, 1.807) is 37.3 Å². The Balaban J connectivity index is 1.88. The van der Waals surface area contributed by atoms with Gasteiger partial charge in [-0.2, -0.15) is 4.72 Å². The molecule has 0 spiro atoms.